The zero-order valence-corrected chi connectivity index (χ0v) is 10.6. The van der Waals surface area contributed by atoms with Crippen molar-refractivity contribution in [1.82, 2.24) is 9.97 Å². The van der Waals surface area contributed by atoms with Crippen molar-refractivity contribution >= 4 is 5.82 Å². The third-order valence-electron chi connectivity index (χ3n) is 3.86. The lowest BCUT2D eigenvalue weighted by Gasteiger charge is -2.26. The van der Waals surface area contributed by atoms with Crippen LogP contribution in [0.1, 0.15) is 36.3 Å². The van der Waals surface area contributed by atoms with Crippen molar-refractivity contribution in [1.29, 1.82) is 0 Å². The molecule has 18 heavy (non-hydrogen) atoms. The minimum atomic E-state index is 0.564. The molecule has 0 atom stereocenters. The Labute approximate surface area is 107 Å². The molecule has 92 valence electrons. The highest BCUT2D eigenvalue weighted by Crippen LogP contribution is 2.37. The monoisotopic (exact) mass is 239 g/mol. The van der Waals surface area contributed by atoms with Gasteiger partial charge in [0.05, 0.1) is 5.69 Å². The van der Waals surface area contributed by atoms with Gasteiger partial charge in [-0.25, -0.2) is 9.97 Å². The van der Waals surface area contributed by atoms with Crippen LogP contribution in [-0.2, 0) is 0 Å². The molecule has 1 aromatic heterocycles. The SMILES string of the molecule is Cc1c(N)ncnc1-c1cccc(C2CCC2)c1. The van der Waals surface area contributed by atoms with Gasteiger partial charge in [0.25, 0.3) is 0 Å². The lowest BCUT2D eigenvalue weighted by atomic mass is 9.79. The number of nitrogens with two attached hydrogens (primary N) is 1. The summed E-state index contributed by atoms with van der Waals surface area (Å²) >= 11 is 0. The molecule has 0 spiro atoms. The van der Waals surface area contributed by atoms with E-state index in [0.29, 0.717) is 5.82 Å². The van der Waals surface area contributed by atoms with Gasteiger partial charge in [-0.3, -0.25) is 0 Å². The molecule has 3 rings (SSSR count). The molecule has 2 N–H and O–H groups in total. The Bertz CT molecular complexity index is 574. The van der Waals surface area contributed by atoms with E-state index < -0.39 is 0 Å². The average Bonchev–Trinajstić information content (AvgIpc) is 2.31. The molecule has 1 saturated carbocycles. The van der Waals surface area contributed by atoms with Crippen molar-refractivity contribution in [3.63, 3.8) is 0 Å². The zero-order valence-electron chi connectivity index (χ0n) is 10.6. The maximum absolute atomic E-state index is 5.84. The van der Waals surface area contributed by atoms with Crippen LogP contribution in [0.3, 0.4) is 0 Å². The van der Waals surface area contributed by atoms with Gasteiger partial charge in [-0.05, 0) is 37.3 Å². The molecule has 0 radical (unpaired) electrons. The predicted octanol–water partition coefficient (Wildman–Crippen LogP) is 3.30. The first-order valence-electron chi connectivity index (χ1n) is 6.43. The Morgan fingerprint density at radius 3 is 2.78 bits per heavy atom. The number of nitrogens with zero attached hydrogens (tertiary/aromatic N) is 2. The lowest BCUT2D eigenvalue weighted by molar-refractivity contribution is 0.420. The second-order valence-electron chi connectivity index (χ2n) is 4.99. The first kappa shape index (κ1) is 11.2. The topological polar surface area (TPSA) is 51.8 Å². The lowest BCUT2D eigenvalue weighted by Crippen LogP contribution is -2.08. The molecule has 0 amide bonds. The summed E-state index contributed by atoms with van der Waals surface area (Å²) in [5, 5.41) is 0. The van der Waals surface area contributed by atoms with E-state index in [9.17, 15) is 0 Å². The first-order chi connectivity index (χ1) is 8.75. The standard InChI is InChI=1S/C15H17N3/c1-10-14(17-9-18-15(10)16)13-7-3-6-12(8-13)11-4-2-5-11/h3,6-9,11H,2,4-5H2,1H3,(H2,16,17,18). The summed E-state index contributed by atoms with van der Waals surface area (Å²) < 4.78 is 0. The summed E-state index contributed by atoms with van der Waals surface area (Å²) in [6.07, 6.45) is 5.52. The molecule has 1 aromatic carbocycles. The van der Waals surface area contributed by atoms with Crippen LogP contribution in [0, 0.1) is 6.92 Å². The highest BCUT2D eigenvalue weighted by molar-refractivity contribution is 5.67. The van der Waals surface area contributed by atoms with Crippen LogP contribution in [0.5, 0.6) is 0 Å². The summed E-state index contributed by atoms with van der Waals surface area (Å²) in [5.41, 5.74) is 10.3. The van der Waals surface area contributed by atoms with E-state index in [1.54, 1.807) is 0 Å². The van der Waals surface area contributed by atoms with Crippen LogP contribution in [0.15, 0.2) is 30.6 Å². The summed E-state index contributed by atoms with van der Waals surface area (Å²) in [7, 11) is 0. The molecule has 0 bridgehead atoms. The van der Waals surface area contributed by atoms with E-state index in [1.165, 1.54) is 31.2 Å². The Morgan fingerprint density at radius 2 is 2.06 bits per heavy atom. The van der Waals surface area contributed by atoms with E-state index >= 15 is 0 Å². The van der Waals surface area contributed by atoms with E-state index in [1.807, 2.05) is 6.92 Å². The van der Waals surface area contributed by atoms with Crippen molar-refractivity contribution in [3.05, 3.63) is 41.7 Å². The number of rotatable bonds is 2. The minimum absolute atomic E-state index is 0.564. The molecule has 0 unspecified atom stereocenters. The largest absolute Gasteiger partial charge is 0.383 e. The van der Waals surface area contributed by atoms with Crippen molar-refractivity contribution < 1.29 is 0 Å². The van der Waals surface area contributed by atoms with Gasteiger partial charge in [0.15, 0.2) is 0 Å². The van der Waals surface area contributed by atoms with Gasteiger partial charge in [-0.2, -0.15) is 0 Å². The maximum atomic E-state index is 5.84. The Morgan fingerprint density at radius 1 is 1.22 bits per heavy atom. The van der Waals surface area contributed by atoms with Crippen LogP contribution >= 0.6 is 0 Å². The maximum Gasteiger partial charge on any atom is 0.130 e. The van der Waals surface area contributed by atoms with Crippen LogP contribution in [0.2, 0.25) is 0 Å². The van der Waals surface area contributed by atoms with E-state index in [4.69, 9.17) is 5.73 Å². The quantitative estimate of drug-likeness (QED) is 0.874. The molecule has 0 saturated heterocycles. The number of hydrogen-bond acceptors (Lipinski definition) is 3. The van der Waals surface area contributed by atoms with Crippen molar-refractivity contribution in [2.75, 3.05) is 5.73 Å². The number of hydrogen-bond donors (Lipinski definition) is 1. The molecular weight excluding hydrogens is 222 g/mol. The van der Waals surface area contributed by atoms with Gasteiger partial charge in [0, 0.05) is 11.1 Å². The highest BCUT2D eigenvalue weighted by atomic mass is 14.9. The minimum Gasteiger partial charge on any atom is -0.383 e. The van der Waals surface area contributed by atoms with Gasteiger partial charge in [-0.1, -0.05) is 24.6 Å². The second kappa shape index (κ2) is 4.41. The average molecular weight is 239 g/mol. The Balaban J connectivity index is 2.03. The first-order valence-corrected chi connectivity index (χ1v) is 6.43. The van der Waals surface area contributed by atoms with Gasteiger partial charge < -0.3 is 5.73 Å². The number of nitrogen functional groups attached to an aromatic ring is 1. The molecule has 1 heterocycles. The van der Waals surface area contributed by atoms with Gasteiger partial charge in [0.1, 0.15) is 12.1 Å². The van der Waals surface area contributed by atoms with E-state index in [-0.39, 0.29) is 0 Å². The number of benzene rings is 1. The van der Waals surface area contributed by atoms with Crippen LogP contribution in [0.25, 0.3) is 11.3 Å². The van der Waals surface area contributed by atoms with Crippen LogP contribution in [-0.4, -0.2) is 9.97 Å². The number of anilines is 1. The summed E-state index contributed by atoms with van der Waals surface area (Å²) in [6, 6.07) is 8.67. The molecule has 1 aliphatic carbocycles. The molecule has 1 aliphatic rings. The van der Waals surface area contributed by atoms with Gasteiger partial charge in [0.2, 0.25) is 0 Å². The fourth-order valence-electron chi connectivity index (χ4n) is 2.44. The molecule has 2 aromatic rings. The van der Waals surface area contributed by atoms with Crippen LogP contribution < -0.4 is 5.73 Å². The highest BCUT2D eigenvalue weighted by Gasteiger charge is 2.20. The summed E-state index contributed by atoms with van der Waals surface area (Å²) in [5.74, 6) is 1.30. The Kier molecular flexibility index (Phi) is 2.74. The summed E-state index contributed by atoms with van der Waals surface area (Å²) in [6.45, 7) is 1.97. The van der Waals surface area contributed by atoms with Crippen molar-refractivity contribution in [2.45, 2.75) is 32.1 Å². The molecular formula is C15H17N3. The zero-order chi connectivity index (χ0) is 12.5. The third kappa shape index (κ3) is 1.86. The Hall–Kier alpha value is -1.90. The molecule has 3 heteroatoms. The fraction of sp³-hybridized carbons (Fsp3) is 0.333. The van der Waals surface area contributed by atoms with E-state index in [2.05, 4.69) is 34.2 Å². The van der Waals surface area contributed by atoms with Crippen molar-refractivity contribution in [3.8, 4) is 11.3 Å². The van der Waals surface area contributed by atoms with Gasteiger partial charge >= 0.3 is 0 Å². The summed E-state index contributed by atoms with van der Waals surface area (Å²) in [4.78, 5) is 8.38. The van der Waals surface area contributed by atoms with Crippen molar-refractivity contribution in [2.24, 2.45) is 0 Å². The van der Waals surface area contributed by atoms with Crippen LogP contribution in [0.4, 0.5) is 5.82 Å². The molecule has 3 nitrogen and oxygen atoms in total. The number of aromatic nitrogens is 2. The third-order valence-corrected chi connectivity index (χ3v) is 3.86. The molecule has 1 fully saturated rings. The fourth-order valence-corrected chi connectivity index (χ4v) is 2.44. The second-order valence-corrected chi connectivity index (χ2v) is 4.99. The molecule has 0 aliphatic heterocycles. The smallest absolute Gasteiger partial charge is 0.130 e. The normalized spacial score (nSPS) is 15.4. The predicted molar refractivity (Wildman–Crippen MR) is 73.2 cm³/mol. The van der Waals surface area contributed by atoms with Gasteiger partial charge in [-0.15, -0.1) is 0 Å². The van der Waals surface area contributed by atoms with E-state index in [0.717, 1.165) is 22.7 Å².